The third-order valence-corrected chi connectivity index (χ3v) is 6.47. The van der Waals surface area contributed by atoms with Crippen molar-refractivity contribution in [2.75, 3.05) is 24.3 Å². The van der Waals surface area contributed by atoms with Gasteiger partial charge in [0.15, 0.2) is 11.6 Å². The zero-order chi connectivity index (χ0) is 22.7. The molecule has 1 aromatic heterocycles. The number of nitrogens with one attached hydrogen (secondary N) is 2. The van der Waals surface area contributed by atoms with Crippen LogP contribution in [-0.4, -0.2) is 32.6 Å². The predicted octanol–water partition coefficient (Wildman–Crippen LogP) is 4.95. The van der Waals surface area contributed by atoms with Crippen molar-refractivity contribution in [1.29, 1.82) is 0 Å². The van der Waals surface area contributed by atoms with Crippen LogP contribution in [0.15, 0.2) is 76.1 Å². The quantitative estimate of drug-likeness (QED) is 0.359. The van der Waals surface area contributed by atoms with Gasteiger partial charge in [-0.2, -0.15) is 0 Å². The van der Waals surface area contributed by atoms with E-state index in [-0.39, 0.29) is 16.5 Å². The van der Waals surface area contributed by atoms with E-state index in [2.05, 4.69) is 35.9 Å². The number of anilines is 3. The molecule has 0 bridgehead atoms. The third kappa shape index (κ3) is 4.61. The second-order valence-corrected chi connectivity index (χ2v) is 9.26. The van der Waals surface area contributed by atoms with Gasteiger partial charge >= 0.3 is 0 Å². The molecule has 0 aliphatic heterocycles. The lowest BCUT2D eigenvalue weighted by Crippen LogP contribution is -2.16. The van der Waals surface area contributed by atoms with Crippen LogP contribution in [0.4, 0.5) is 17.3 Å². The van der Waals surface area contributed by atoms with Gasteiger partial charge in [-0.15, -0.1) is 0 Å². The minimum absolute atomic E-state index is 0.0597. The standard InChI is InChI=1S/C22H19BrN4O4S/c1-30-15-9-12-19(20(13-15)31-2)26-21-22(25-18-6-4-3-5-17(18)24-21)27-32(28,29)16-10-7-14(23)8-11-16/h3-13H,1-2H3,(H,24,26)(H,25,27). The minimum atomic E-state index is -3.90. The molecule has 4 rings (SSSR count). The molecule has 1 heterocycles. The SMILES string of the molecule is COc1ccc(Nc2nc3ccccc3nc2NS(=O)(=O)c2ccc(Br)cc2)c(OC)c1. The van der Waals surface area contributed by atoms with Crippen molar-refractivity contribution in [3.63, 3.8) is 0 Å². The number of fused-ring (bicyclic) bond motifs is 1. The molecule has 4 aromatic rings. The van der Waals surface area contributed by atoms with Crippen LogP contribution < -0.4 is 19.5 Å². The smallest absolute Gasteiger partial charge is 0.263 e. The Labute approximate surface area is 193 Å². The zero-order valence-electron chi connectivity index (χ0n) is 17.2. The Balaban J connectivity index is 1.78. The molecule has 0 unspecified atom stereocenters. The molecule has 164 valence electrons. The molecular formula is C22H19BrN4O4S. The van der Waals surface area contributed by atoms with E-state index in [4.69, 9.17) is 9.47 Å². The van der Waals surface area contributed by atoms with Crippen LogP contribution in [-0.2, 0) is 10.0 Å². The van der Waals surface area contributed by atoms with Gasteiger partial charge in [-0.1, -0.05) is 28.1 Å². The Kier molecular flexibility index (Phi) is 6.15. The van der Waals surface area contributed by atoms with E-state index in [9.17, 15) is 8.42 Å². The van der Waals surface area contributed by atoms with Crippen LogP contribution >= 0.6 is 15.9 Å². The first-order chi connectivity index (χ1) is 15.4. The lowest BCUT2D eigenvalue weighted by molar-refractivity contribution is 0.395. The van der Waals surface area contributed by atoms with E-state index >= 15 is 0 Å². The monoisotopic (exact) mass is 514 g/mol. The fourth-order valence-corrected chi connectivity index (χ4v) is 4.26. The molecule has 2 N–H and O–H groups in total. The van der Waals surface area contributed by atoms with Crippen molar-refractivity contribution < 1.29 is 17.9 Å². The Hall–Kier alpha value is -3.37. The average Bonchev–Trinajstić information content (AvgIpc) is 2.79. The number of rotatable bonds is 7. The highest BCUT2D eigenvalue weighted by atomic mass is 79.9. The number of hydrogen-bond acceptors (Lipinski definition) is 7. The van der Waals surface area contributed by atoms with Gasteiger partial charge in [-0.25, -0.2) is 18.4 Å². The summed E-state index contributed by atoms with van der Waals surface area (Å²) in [7, 11) is -0.812. The van der Waals surface area contributed by atoms with E-state index in [0.29, 0.717) is 28.2 Å². The van der Waals surface area contributed by atoms with Crippen LogP contribution in [0.5, 0.6) is 11.5 Å². The van der Waals surface area contributed by atoms with Gasteiger partial charge in [0.25, 0.3) is 10.0 Å². The number of nitrogens with zero attached hydrogens (tertiary/aromatic N) is 2. The summed E-state index contributed by atoms with van der Waals surface area (Å²) in [5, 5.41) is 3.13. The fourth-order valence-electron chi connectivity index (χ4n) is 2.99. The van der Waals surface area contributed by atoms with E-state index < -0.39 is 10.0 Å². The molecule has 0 saturated carbocycles. The van der Waals surface area contributed by atoms with E-state index in [1.807, 2.05) is 12.1 Å². The largest absolute Gasteiger partial charge is 0.497 e. The molecule has 32 heavy (non-hydrogen) atoms. The van der Waals surface area contributed by atoms with Gasteiger partial charge in [-0.3, -0.25) is 4.72 Å². The molecule has 0 radical (unpaired) electrons. The van der Waals surface area contributed by atoms with Gasteiger partial charge in [0.05, 0.1) is 35.8 Å². The lowest BCUT2D eigenvalue weighted by atomic mass is 10.2. The van der Waals surface area contributed by atoms with Crippen molar-refractivity contribution in [3.05, 3.63) is 71.2 Å². The van der Waals surface area contributed by atoms with Crippen molar-refractivity contribution in [2.45, 2.75) is 4.90 Å². The second kappa shape index (κ2) is 9.01. The first kappa shape index (κ1) is 21.8. The summed E-state index contributed by atoms with van der Waals surface area (Å²) < 4.78 is 40.0. The van der Waals surface area contributed by atoms with Gasteiger partial charge in [0, 0.05) is 10.5 Å². The third-order valence-electron chi connectivity index (χ3n) is 4.59. The van der Waals surface area contributed by atoms with Gasteiger partial charge in [0.1, 0.15) is 11.5 Å². The van der Waals surface area contributed by atoms with Crippen molar-refractivity contribution >= 4 is 54.3 Å². The van der Waals surface area contributed by atoms with Gasteiger partial charge in [0.2, 0.25) is 0 Å². The number of benzene rings is 3. The summed E-state index contributed by atoms with van der Waals surface area (Å²) in [4.78, 5) is 9.18. The first-order valence-electron chi connectivity index (χ1n) is 9.44. The maximum Gasteiger partial charge on any atom is 0.263 e. The molecule has 0 amide bonds. The van der Waals surface area contributed by atoms with Crippen molar-refractivity contribution in [2.24, 2.45) is 0 Å². The van der Waals surface area contributed by atoms with Crippen LogP contribution in [0, 0.1) is 0 Å². The molecule has 0 spiro atoms. The Morgan fingerprint density at radius 2 is 1.50 bits per heavy atom. The van der Waals surface area contributed by atoms with E-state index in [1.165, 1.54) is 19.2 Å². The van der Waals surface area contributed by atoms with E-state index in [1.54, 1.807) is 49.6 Å². The molecule has 0 saturated heterocycles. The van der Waals surface area contributed by atoms with Crippen LogP contribution in [0.3, 0.4) is 0 Å². The van der Waals surface area contributed by atoms with Gasteiger partial charge < -0.3 is 14.8 Å². The number of methoxy groups -OCH3 is 2. The normalized spacial score (nSPS) is 11.2. The highest BCUT2D eigenvalue weighted by Gasteiger charge is 2.20. The molecular weight excluding hydrogens is 496 g/mol. The average molecular weight is 515 g/mol. The first-order valence-corrected chi connectivity index (χ1v) is 11.7. The highest BCUT2D eigenvalue weighted by molar-refractivity contribution is 9.10. The molecule has 0 aliphatic rings. The molecule has 0 fully saturated rings. The Morgan fingerprint density at radius 3 is 2.12 bits per heavy atom. The highest BCUT2D eigenvalue weighted by Crippen LogP contribution is 2.34. The number of sulfonamides is 1. The summed E-state index contributed by atoms with van der Waals surface area (Å²) in [5.41, 5.74) is 1.73. The van der Waals surface area contributed by atoms with Crippen molar-refractivity contribution in [1.82, 2.24) is 9.97 Å². The lowest BCUT2D eigenvalue weighted by Gasteiger charge is -2.16. The maximum atomic E-state index is 13.0. The molecule has 8 nitrogen and oxygen atoms in total. The van der Waals surface area contributed by atoms with Gasteiger partial charge in [-0.05, 0) is 48.5 Å². The van der Waals surface area contributed by atoms with Crippen LogP contribution in [0.2, 0.25) is 0 Å². The fraction of sp³-hybridized carbons (Fsp3) is 0.0909. The topological polar surface area (TPSA) is 102 Å². The molecule has 10 heteroatoms. The summed E-state index contributed by atoms with van der Waals surface area (Å²) in [6.45, 7) is 0. The van der Waals surface area contributed by atoms with Crippen molar-refractivity contribution in [3.8, 4) is 11.5 Å². The second-order valence-electron chi connectivity index (χ2n) is 6.66. The summed E-state index contributed by atoms with van der Waals surface area (Å²) in [6.07, 6.45) is 0. The van der Waals surface area contributed by atoms with E-state index in [0.717, 1.165) is 4.47 Å². The Bertz CT molecular complexity index is 1380. The summed E-state index contributed by atoms with van der Waals surface area (Å²) in [5.74, 6) is 1.41. The maximum absolute atomic E-state index is 13.0. The number of ether oxygens (including phenoxy) is 2. The van der Waals surface area contributed by atoms with Crippen LogP contribution in [0.25, 0.3) is 11.0 Å². The molecule has 0 aliphatic carbocycles. The minimum Gasteiger partial charge on any atom is -0.497 e. The summed E-state index contributed by atoms with van der Waals surface area (Å²) >= 11 is 3.31. The number of aromatic nitrogens is 2. The van der Waals surface area contributed by atoms with Crippen LogP contribution in [0.1, 0.15) is 0 Å². The molecule has 0 atom stereocenters. The zero-order valence-corrected chi connectivity index (χ0v) is 19.6. The number of halogens is 1. The molecule has 3 aromatic carbocycles. The number of para-hydroxylation sites is 2. The number of hydrogen-bond donors (Lipinski definition) is 2. The summed E-state index contributed by atoms with van der Waals surface area (Å²) in [6, 6.07) is 18.7. The Morgan fingerprint density at radius 1 is 0.844 bits per heavy atom. The predicted molar refractivity (Wildman–Crippen MR) is 127 cm³/mol.